The Labute approximate surface area is 125 Å². The maximum absolute atomic E-state index is 11.9. The molecule has 1 aromatic carbocycles. The molecule has 4 nitrogen and oxygen atoms in total. The highest BCUT2D eigenvalue weighted by Gasteiger charge is 2.28. The summed E-state index contributed by atoms with van der Waals surface area (Å²) < 4.78 is 5.49. The van der Waals surface area contributed by atoms with Gasteiger partial charge >= 0.3 is 0 Å². The van der Waals surface area contributed by atoms with Gasteiger partial charge in [-0.15, -0.1) is 0 Å². The first-order valence-electron chi connectivity index (χ1n) is 6.77. The third-order valence-corrected chi connectivity index (χ3v) is 3.79. The number of hydrogen-bond acceptors (Lipinski definition) is 3. The molecule has 0 bridgehead atoms. The fourth-order valence-corrected chi connectivity index (χ4v) is 1.73. The fraction of sp³-hybridized carbons (Fsp3) is 0.533. The first-order valence-corrected chi connectivity index (χ1v) is 7.14. The van der Waals surface area contributed by atoms with Gasteiger partial charge in [0.2, 0.25) is 5.91 Å². The van der Waals surface area contributed by atoms with Gasteiger partial charge in [-0.25, -0.2) is 0 Å². The molecule has 0 aliphatic heterocycles. The minimum absolute atomic E-state index is 0.0550. The second-order valence-corrected chi connectivity index (χ2v) is 5.81. The highest BCUT2D eigenvalue weighted by Crippen LogP contribution is 2.16. The fourth-order valence-electron chi connectivity index (χ4n) is 1.60. The van der Waals surface area contributed by atoms with Crippen LogP contribution in [0.5, 0.6) is 5.75 Å². The monoisotopic (exact) mass is 298 g/mol. The average molecular weight is 299 g/mol. The van der Waals surface area contributed by atoms with Crippen LogP contribution >= 0.6 is 11.6 Å². The SMILES string of the molecule is CC(C)C(C)(CN)NC(=O)CCOc1ccc(Cl)cc1. The zero-order valence-electron chi connectivity index (χ0n) is 12.3. The summed E-state index contributed by atoms with van der Waals surface area (Å²) >= 11 is 5.78. The number of benzene rings is 1. The van der Waals surface area contributed by atoms with Gasteiger partial charge in [-0.3, -0.25) is 4.79 Å². The molecule has 0 aromatic heterocycles. The Morgan fingerprint density at radius 1 is 1.40 bits per heavy atom. The first-order chi connectivity index (χ1) is 9.37. The molecule has 1 unspecified atom stereocenters. The summed E-state index contributed by atoms with van der Waals surface area (Å²) in [4.78, 5) is 11.9. The van der Waals surface area contributed by atoms with Crippen LogP contribution in [-0.2, 0) is 4.79 Å². The standard InChI is InChI=1S/C15H23ClN2O2/c1-11(2)15(3,10-17)18-14(19)8-9-20-13-6-4-12(16)5-7-13/h4-7,11H,8-10,17H2,1-3H3,(H,18,19). The van der Waals surface area contributed by atoms with Gasteiger partial charge in [-0.1, -0.05) is 25.4 Å². The zero-order valence-corrected chi connectivity index (χ0v) is 13.0. The van der Waals surface area contributed by atoms with E-state index in [1.165, 1.54) is 0 Å². The lowest BCUT2D eigenvalue weighted by molar-refractivity contribution is -0.123. The van der Waals surface area contributed by atoms with Crippen LogP contribution in [0.25, 0.3) is 0 Å². The molecule has 1 aromatic rings. The number of nitrogens with one attached hydrogen (secondary N) is 1. The largest absolute Gasteiger partial charge is 0.493 e. The highest BCUT2D eigenvalue weighted by molar-refractivity contribution is 6.30. The van der Waals surface area contributed by atoms with Crippen LogP contribution in [0.3, 0.4) is 0 Å². The molecule has 5 heteroatoms. The lowest BCUT2D eigenvalue weighted by Gasteiger charge is -2.33. The van der Waals surface area contributed by atoms with E-state index in [9.17, 15) is 4.79 Å². The molecule has 0 spiro atoms. The molecule has 112 valence electrons. The Bertz CT molecular complexity index is 434. The van der Waals surface area contributed by atoms with Gasteiger partial charge < -0.3 is 15.8 Å². The Kier molecular flexibility index (Phi) is 6.30. The Hall–Kier alpha value is -1.26. The van der Waals surface area contributed by atoms with Gasteiger partial charge in [0.25, 0.3) is 0 Å². The van der Waals surface area contributed by atoms with Crippen LogP contribution < -0.4 is 15.8 Å². The van der Waals surface area contributed by atoms with Crippen LogP contribution in [0.1, 0.15) is 27.2 Å². The first kappa shape index (κ1) is 16.8. The summed E-state index contributed by atoms with van der Waals surface area (Å²) in [6, 6.07) is 7.05. The minimum atomic E-state index is -0.378. The molecule has 20 heavy (non-hydrogen) atoms. The number of amides is 1. The molecule has 0 heterocycles. The van der Waals surface area contributed by atoms with E-state index in [0.717, 1.165) is 0 Å². The lowest BCUT2D eigenvalue weighted by Crippen LogP contribution is -2.55. The van der Waals surface area contributed by atoms with E-state index in [0.29, 0.717) is 30.3 Å². The van der Waals surface area contributed by atoms with Crippen molar-refractivity contribution in [2.75, 3.05) is 13.2 Å². The van der Waals surface area contributed by atoms with Crippen molar-refractivity contribution in [2.24, 2.45) is 11.7 Å². The molecule has 3 N–H and O–H groups in total. The quantitative estimate of drug-likeness (QED) is 0.813. The summed E-state index contributed by atoms with van der Waals surface area (Å²) in [5, 5.41) is 3.63. The topological polar surface area (TPSA) is 64.3 Å². The molecular formula is C15H23ClN2O2. The van der Waals surface area contributed by atoms with E-state index in [-0.39, 0.29) is 17.4 Å². The summed E-state index contributed by atoms with van der Waals surface area (Å²) in [5.41, 5.74) is 5.35. The second kappa shape index (κ2) is 7.50. The summed E-state index contributed by atoms with van der Waals surface area (Å²) in [5.74, 6) is 0.918. The highest BCUT2D eigenvalue weighted by atomic mass is 35.5. The van der Waals surface area contributed by atoms with Crippen molar-refractivity contribution in [3.8, 4) is 5.75 Å². The molecule has 0 saturated heterocycles. The summed E-state index contributed by atoms with van der Waals surface area (Å²) in [6.07, 6.45) is 0.297. The van der Waals surface area contributed by atoms with E-state index in [1.807, 2.05) is 20.8 Å². The van der Waals surface area contributed by atoms with Crippen molar-refractivity contribution in [1.82, 2.24) is 5.32 Å². The van der Waals surface area contributed by atoms with Crippen LogP contribution in [0.15, 0.2) is 24.3 Å². The van der Waals surface area contributed by atoms with Crippen molar-refractivity contribution in [3.05, 3.63) is 29.3 Å². The number of nitrogens with two attached hydrogens (primary N) is 1. The zero-order chi connectivity index (χ0) is 15.2. The molecule has 1 atom stereocenters. The minimum Gasteiger partial charge on any atom is -0.493 e. The number of rotatable bonds is 7. The Morgan fingerprint density at radius 2 is 2.00 bits per heavy atom. The van der Waals surface area contributed by atoms with Gasteiger partial charge in [0.15, 0.2) is 0 Å². The molecule has 0 aliphatic rings. The van der Waals surface area contributed by atoms with Crippen LogP contribution in [0.2, 0.25) is 5.02 Å². The predicted octanol–water partition coefficient (Wildman–Crippen LogP) is 2.60. The average Bonchev–Trinajstić information content (AvgIpc) is 2.40. The maximum Gasteiger partial charge on any atom is 0.223 e. The molecule has 0 radical (unpaired) electrons. The van der Waals surface area contributed by atoms with Gasteiger partial charge in [0.05, 0.1) is 18.6 Å². The van der Waals surface area contributed by atoms with Gasteiger partial charge in [-0.2, -0.15) is 0 Å². The van der Waals surface area contributed by atoms with E-state index in [4.69, 9.17) is 22.1 Å². The predicted molar refractivity (Wildman–Crippen MR) is 82.0 cm³/mol. The smallest absolute Gasteiger partial charge is 0.223 e. The number of ether oxygens (including phenoxy) is 1. The number of hydrogen-bond donors (Lipinski definition) is 2. The normalized spacial score (nSPS) is 13.9. The van der Waals surface area contributed by atoms with Gasteiger partial charge in [0, 0.05) is 11.6 Å². The van der Waals surface area contributed by atoms with E-state index >= 15 is 0 Å². The summed E-state index contributed by atoms with van der Waals surface area (Å²) in [6.45, 7) is 6.77. The van der Waals surface area contributed by atoms with Gasteiger partial charge in [0.1, 0.15) is 5.75 Å². The molecule has 0 aliphatic carbocycles. The maximum atomic E-state index is 11.9. The molecule has 1 rings (SSSR count). The third-order valence-electron chi connectivity index (χ3n) is 3.53. The Morgan fingerprint density at radius 3 is 2.50 bits per heavy atom. The molecule has 0 saturated carbocycles. The third kappa shape index (κ3) is 5.02. The second-order valence-electron chi connectivity index (χ2n) is 5.38. The van der Waals surface area contributed by atoms with E-state index in [1.54, 1.807) is 24.3 Å². The van der Waals surface area contributed by atoms with Crippen molar-refractivity contribution in [2.45, 2.75) is 32.7 Å². The molecule has 0 fully saturated rings. The number of carbonyl (C=O) groups is 1. The molecule has 1 amide bonds. The van der Waals surface area contributed by atoms with Crippen LogP contribution in [0, 0.1) is 5.92 Å². The van der Waals surface area contributed by atoms with E-state index < -0.39 is 0 Å². The van der Waals surface area contributed by atoms with Crippen molar-refractivity contribution in [1.29, 1.82) is 0 Å². The van der Waals surface area contributed by atoms with Crippen LogP contribution in [0.4, 0.5) is 0 Å². The summed E-state index contributed by atoms with van der Waals surface area (Å²) in [7, 11) is 0. The van der Waals surface area contributed by atoms with E-state index in [2.05, 4.69) is 5.32 Å². The van der Waals surface area contributed by atoms with Crippen molar-refractivity contribution in [3.63, 3.8) is 0 Å². The van der Waals surface area contributed by atoms with Crippen molar-refractivity contribution < 1.29 is 9.53 Å². The molecular weight excluding hydrogens is 276 g/mol. The lowest BCUT2D eigenvalue weighted by atomic mass is 9.88. The van der Waals surface area contributed by atoms with Gasteiger partial charge in [-0.05, 0) is 37.1 Å². The Balaban J connectivity index is 2.38. The number of halogens is 1. The van der Waals surface area contributed by atoms with Crippen LogP contribution in [-0.4, -0.2) is 24.6 Å². The number of carbonyl (C=O) groups excluding carboxylic acids is 1. The van der Waals surface area contributed by atoms with Crippen molar-refractivity contribution >= 4 is 17.5 Å².